The third-order valence-electron chi connectivity index (χ3n) is 2.55. The first-order chi connectivity index (χ1) is 7.30. The van der Waals surface area contributed by atoms with E-state index in [9.17, 15) is 8.42 Å². The number of fused-ring (bicyclic) bond motifs is 1. The SMILES string of the molecule is Cc1cc(C)c2sc(S(=O)(=O)Cl)c(C)c2c1. The zero-order valence-corrected chi connectivity index (χ0v) is 11.6. The van der Waals surface area contributed by atoms with Crippen molar-refractivity contribution in [1.82, 2.24) is 0 Å². The second kappa shape index (κ2) is 3.72. The summed E-state index contributed by atoms with van der Waals surface area (Å²) < 4.78 is 24.1. The molecule has 0 atom stereocenters. The average molecular weight is 275 g/mol. The van der Waals surface area contributed by atoms with Crippen LogP contribution >= 0.6 is 22.0 Å². The molecular weight excluding hydrogens is 264 g/mol. The lowest BCUT2D eigenvalue weighted by Crippen LogP contribution is -1.88. The van der Waals surface area contributed by atoms with E-state index < -0.39 is 9.05 Å². The van der Waals surface area contributed by atoms with E-state index in [1.54, 1.807) is 6.92 Å². The summed E-state index contributed by atoms with van der Waals surface area (Å²) in [6, 6.07) is 4.04. The van der Waals surface area contributed by atoms with Gasteiger partial charge in [0.25, 0.3) is 9.05 Å². The summed E-state index contributed by atoms with van der Waals surface area (Å²) in [4.78, 5) is 0. The van der Waals surface area contributed by atoms with Crippen molar-refractivity contribution in [3.05, 3.63) is 28.8 Å². The Hall–Kier alpha value is -0.580. The number of hydrogen-bond acceptors (Lipinski definition) is 3. The minimum absolute atomic E-state index is 0.262. The molecular formula is C11H11ClO2S2. The first-order valence-corrected chi connectivity index (χ1v) is 7.88. The van der Waals surface area contributed by atoms with Gasteiger partial charge in [0.15, 0.2) is 0 Å². The van der Waals surface area contributed by atoms with Crippen molar-refractivity contribution in [2.24, 2.45) is 0 Å². The van der Waals surface area contributed by atoms with Gasteiger partial charge in [-0.2, -0.15) is 0 Å². The zero-order valence-electron chi connectivity index (χ0n) is 9.17. The normalized spacial score (nSPS) is 12.2. The number of rotatable bonds is 1. The summed E-state index contributed by atoms with van der Waals surface area (Å²) in [5.41, 5.74) is 2.97. The maximum atomic E-state index is 11.4. The summed E-state index contributed by atoms with van der Waals surface area (Å²) in [6.45, 7) is 5.78. The van der Waals surface area contributed by atoms with Gasteiger partial charge in [0.2, 0.25) is 0 Å². The van der Waals surface area contributed by atoms with E-state index in [0.717, 1.165) is 26.8 Å². The average Bonchev–Trinajstić information content (AvgIpc) is 2.43. The van der Waals surface area contributed by atoms with Gasteiger partial charge in [-0.3, -0.25) is 0 Å². The molecule has 0 aliphatic heterocycles. The lowest BCUT2D eigenvalue weighted by Gasteiger charge is -1.98. The topological polar surface area (TPSA) is 34.1 Å². The largest absolute Gasteiger partial charge is 0.271 e. The number of aryl methyl sites for hydroxylation is 3. The van der Waals surface area contributed by atoms with Gasteiger partial charge in [-0.15, -0.1) is 11.3 Å². The molecule has 5 heteroatoms. The van der Waals surface area contributed by atoms with Crippen molar-refractivity contribution in [2.45, 2.75) is 25.0 Å². The molecule has 2 aromatic rings. The second-order valence-electron chi connectivity index (χ2n) is 3.91. The third-order valence-corrected chi connectivity index (χ3v) is 6.18. The van der Waals surface area contributed by atoms with Crippen molar-refractivity contribution in [3.8, 4) is 0 Å². The molecule has 0 aliphatic rings. The summed E-state index contributed by atoms with van der Waals surface area (Å²) >= 11 is 1.25. The van der Waals surface area contributed by atoms with Crippen LogP contribution in [-0.2, 0) is 9.05 Å². The molecule has 0 radical (unpaired) electrons. The molecule has 1 aromatic carbocycles. The molecule has 0 spiro atoms. The zero-order chi connectivity index (χ0) is 12.1. The van der Waals surface area contributed by atoms with Crippen LogP contribution in [0.2, 0.25) is 0 Å². The molecule has 1 heterocycles. The van der Waals surface area contributed by atoms with Gasteiger partial charge in [0, 0.05) is 15.4 Å². The summed E-state index contributed by atoms with van der Waals surface area (Å²) in [7, 11) is 1.78. The Morgan fingerprint density at radius 3 is 2.38 bits per heavy atom. The van der Waals surface area contributed by atoms with E-state index in [1.165, 1.54) is 11.3 Å². The Kier molecular flexibility index (Phi) is 2.77. The first-order valence-electron chi connectivity index (χ1n) is 4.75. The van der Waals surface area contributed by atoms with Crippen molar-refractivity contribution in [2.75, 3.05) is 0 Å². The van der Waals surface area contributed by atoms with E-state index in [1.807, 2.05) is 26.0 Å². The molecule has 86 valence electrons. The fourth-order valence-electron chi connectivity index (χ4n) is 1.88. The highest BCUT2D eigenvalue weighted by Crippen LogP contribution is 2.37. The molecule has 2 nitrogen and oxygen atoms in total. The molecule has 0 aliphatic carbocycles. The van der Waals surface area contributed by atoms with Gasteiger partial charge in [0.05, 0.1) is 0 Å². The van der Waals surface area contributed by atoms with Crippen LogP contribution in [0, 0.1) is 20.8 Å². The monoisotopic (exact) mass is 274 g/mol. The van der Waals surface area contributed by atoms with Crippen LogP contribution in [0.15, 0.2) is 16.3 Å². The smallest absolute Gasteiger partial charge is 0.206 e. The molecule has 0 saturated heterocycles. The first kappa shape index (κ1) is 11.9. The summed E-state index contributed by atoms with van der Waals surface area (Å²) in [6.07, 6.45) is 0. The van der Waals surface area contributed by atoms with Crippen molar-refractivity contribution < 1.29 is 8.42 Å². The van der Waals surface area contributed by atoms with Crippen molar-refractivity contribution in [3.63, 3.8) is 0 Å². The van der Waals surface area contributed by atoms with Gasteiger partial charge < -0.3 is 0 Å². The van der Waals surface area contributed by atoms with Crippen molar-refractivity contribution in [1.29, 1.82) is 0 Å². The molecule has 16 heavy (non-hydrogen) atoms. The minimum atomic E-state index is -3.63. The van der Waals surface area contributed by atoms with Crippen LogP contribution in [0.1, 0.15) is 16.7 Å². The lowest BCUT2D eigenvalue weighted by atomic mass is 10.1. The molecule has 0 N–H and O–H groups in total. The van der Waals surface area contributed by atoms with Crippen LogP contribution in [0.5, 0.6) is 0 Å². The fourth-order valence-corrected chi connectivity index (χ4v) is 4.63. The Bertz CT molecular complexity index is 669. The third kappa shape index (κ3) is 1.85. The van der Waals surface area contributed by atoms with E-state index in [4.69, 9.17) is 10.7 Å². The van der Waals surface area contributed by atoms with Crippen LogP contribution in [0.4, 0.5) is 0 Å². The molecule has 0 amide bonds. The van der Waals surface area contributed by atoms with Gasteiger partial charge in [-0.25, -0.2) is 8.42 Å². The highest BCUT2D eigenvalue weighted by atomic mass is 35.7. The number of halogens is 1. The van der Waals surface area contributed by atoms with Crippen molar-refractivity contribution >= 4 is 41.2 Å². The van der Waals surface area contributed by atoms with Crippen LogP contribution < -0.4 is 0 Å². The maximum absolute atomic E-state index is 11.4. The maximum Gasteiger partial charge on any atom is 0.271 e. The number of thiophene rings is 1. The Morgan fingerprint density at radius 2 is 1.81 bits per heavy atom. The standard InChI is InChI=1S/C11H11ClO2S2/c1-6-4-7(2)10-9(5-6)8(3)11(15-10)16(12,13)14/h4-5H,1-3H3. The van der Waals surface area contributed by atoms with Crippen LogP contribution in [-0.4, -0.2) is 8.42 Å². The lowest BCUT2D eigenvalue weighted by molar-refractivity contribution is 0.611. The Balaban J connectivity index is 2.94. The van der Waals surface area contributed by atoms with Gasteiger partial charge in [-0.1, -0.05) is 17.7 Å². The molecule has 0 saturated carbocycles. The van der Waals surface area contributed by atoms with E-state index in [-0.39, 0.29) is 4.21 Å². The minimum Gasteiger partial charge on any atom is -0.206 e. The van der Waals surface area contributed by atoms with Gasteiger partial charge in [0.1, 0.15) is 4.21 Å². The highest BCUT2D eigenvalue weighted by Gasteiger charge is 2.20. The van der Waals surface area contributed by atoms with Crippen LogP contribution in [0.3, 0.4) is 0 Å². The van der Waals surface area contributed by atoms with Gasteiger partial charge >= 0.3 is 0 Å². The number of benzene rings is 1. The van der Waals surface area contributed by atoms with Crippen LogP contribution in [0.25, 0.3) is 10.1 Å². The highest BCUT2D eigenvalue weighted by molar-refractivity contribution is 8.15. The molecule has 0 unspecified atom stereocenters. The summed E-state index contributed by atoms with van der Waals surface area (Å²) in [5, 5.41) is 0.988. The quantitative estimate of drug-likeness (QED) is 0.742. The molecule has 1 aromatic heterocycles. The Morgan fingerprint density at radius 1 is 1.19 bits per heavy atom. The number of hydrogen-bond donors (Lipinski definition) is 0. The van der Waals surface area contributed by atoms with Gasteiger partial charge in [-0.05, 0) is 37.3 Å². The molecule has 0 fully saturated rings. The van der Waals surface area contributed by atoms with E-state index in [2.05, 4.69) is 0 Å². The second-order valence-corrected chi connectivity index (χ2v) is 7.69. The predicted octanol–water partition coefficient (Wildman–Crippen LogP) is 3.75. The fraction of sp³-hybridized carbons (Fsp3) is 0.273. The predicted molar refractivity (Wildman–Crippen MR) is 69.1 cm³/mol. The van der Waals surface area contributed by atoms with E-state index in [0.29, 0.717) is 0 Å². The van der Waals surface area contributed by atoms with E-state index >= 15 is 0 Å². The molecule has 2 rings (SSSR count). The molecule has 0 bridgehead atoms. The summed E-state index contributed by atoms with van der Waals surface area (Å²) in [5.74, 6) is 0. The Labute approximate surface area is 103 Å².